The van der Waals surface area contributed by atoms with E-state index in [0.29, 0.717) is 5.56 Å². The number of carboxylic acid groups (broad SMARTS) is 1. The number of carbonyl (C=O) groups excluding carboxylic acids is 4. The Morgan fingerprint density at radius 3 is 1.94 bits per heavy atom. The molecule has 13 nitrogen and oxygen atoms in total. The summed E-state index contributed by atoms with van der Waals surface area (Å²) in [5.74, 6) is -4.84. The molecule has 0 heterocycles. The summed E-state index contributed by atoms with van der Waals surface area (Å²) >= 11 is 4.02. The Morgan fingerprint density at radius 2 is 1.44 bits per heavy atom. The van der Waals surface area contributed by atoms with Crippen LogP contribution in [-0.2, 0) is 30.4 Å². The van der Waals surface area contributed by atoms with E-state index in [0.717, 1.165) is 0 Å². The SMILES string of the molecule is NC(=O)CCC(NC(=O)C(CS)NC(=O)C(Cc1ccc(O)cc1)NC(=O)C(N)CO)C(=O)O. The quantitative estimate of drug-likeness (QED) is 0.118. The molecular weight excluding hydrogens is 470 g/mol. The van der Waals surface area contributed by atoms with Crippen LogP contribution in [0.4, 0.5) is 0 Å². The lowest BCUT2D eigenvalue weighted by molar-refractivity contribution is -0.142. The number of phenolic OH excluding ortho intramolecular Hbond substituents is 1. The fourth-order valence-corrected chi connectivity index (χ4v) is 2.98. The number of aromatic hydroxyl groups is 1. The molecule has 1 aromatic rings. The van der Waals surface area contributed by atoms with Gasteiger partial charge in [-0.05, 0) is 24.1 Å². The van der Waals surface area contributed by atoms with Crippen LogP contribution in [0.1, 0.15) is 18.4 Å². The molecule has 0 spiro atoms. The molecule has 0 aliphatic rings. The molecule has 34 heavy (non-hydrogen) atoms. The normalized spacial score (nSPS) is 14.2. The van der Waals surface area contributed by atoms with Crippen LogP contribution in [0.2, 0.25) is 0 Å². The summed E-state index contributed by atoms with van der Waals surface area (Å²) in [6.45, 7) is -0.664. The maximum Gasteiger partial charge on any atom is 0.326 e. The second kappa shape index (κ2) is 14.0. The lowest BCUT2D eigenvalue weighted by atomic mass is 10.0. The molecule has 4 unspecified atom stereocenters. The molecule has 14 heteroatoms. The van der Waals surface area contributed by atoms with Gasteiger partial charge in [-0.3, -0.25) is 19.2 Å². The van der Waals surface area contributed by atoms with Gasteiger partial charge in [0.15, 0.2) is 0 Å². The van der Waals surface area contributed by atoms with Crippen molar-refractivity contribution in [2.24, 2.45) is 11.5 Å². The van der Waals surface area contributed by atoms with Crippen molar-refractivity contribution < 1.29 is 39.3 Å². The average Bonchev–Trinajstić information content (AvgIpc) is 2.79. The van der Waals surface area contributed by atoms with Crippen molar-refractivity contribution in [3.8, 4) is 5.75 Å². The van der Waals surface area contributed by atoms with Crippen LogP contribution >= 0.6 is 12.6 Å². The minimum absolute atomic E-state index is 0.00720. The Kier molecular flexibility index (Phi) is 11.8. The summed E-state index contributed by atoms with van der Waals surface area (Å²) in [4.78, 5) is 59.9. The number of nitrogens with two attached hydrogens (primary N) is 2. The Hall–Kier alpha value is -3.36. The summed E-state index contributed by atoms with van der Waals surface area (Å²) in [6.07, 6.45) is -0.573. The van der Waals surface area contributed by atoms with Gasteiger partial charge in [0.05, 0.1) is 6.61 Å². The van der Waals surface area contributed by atoms with E-state index in [1.165, 1.54) is 24.3 Å². The van der Waals surface area contributed by atoms with Crippen molar-refractivity contribution >= 4 is 42.2 Å². The van der Waals surface area contributed by atoms with E-state index < -0.39 is 60.4 Å². The van der Waals surface area contributed by atoms with Crippen molar-refractivity contribution in [3.05, 3.63) is 29.8 Å². The molecule has 0 saturated carbocycles. The first-order chi connectivity index (χ1) is 16.0. The number of nitrogens with one attached hydrogen (secondary N) is 3. The van der Waals surface area contributed by atoms with Gasteiger partial charge in [-0.15, -0.1) is 0 Å². The Morgan fingerprint density at radius 1 is 0.912 bits per heavy atom. The molecule has 0 fully saturated rings. The maximum atomic E-state index is 12.9. The van der Waals surface area contributed by atoms with E-state index in [1.54, 1.807) is 0 Å². The van der Waals surface area contributed by atoms with Crippen LogP contribution in [0.25, 0.3) is 0 Å². The van der Waals surface area contributed by atoms with Crippen molar-refractivity contribution in [3.63, 3.8) is 0 Å². The van der Waals surface area contributed by atoms with Crippen LogP contribution in [0.5, 0.6) is 5.75 Å². The zero-order chi connectivity index (χ0) is 25.8. The molecule has 0 saturated heterocycles. The number of hydrogen-bond acceptors (Lipinski definition) is 9. The Balaban J connectivity index is 2.97. The number of carbonyl (C=O) groups is 5. The van der Waals surface area contributed by atoms with Gasteiger partial charge in [-0.2, -0.15) is 12.6 Å². The Labute approximate surface area is 200 Å². The monoisotopic (exact) mass is 499 g/mol. The number of benzene rings is 1. The van der Waals surface area contributed by atoms with Crippen molar-refractivity contribution in [2.75, 3.05) is 12.4 Å². The molecule has 1 rings (SSSR count). The third-order valence-electron chi connectivity index (χ3n) is 4.65. The van der Waals surface area contributed by atoms with Gasteiger partial charge in [-0.25, -0.2) is 4.79 Å². The standard InChI is InChI=1S/C20H29N5O8S/c21-12(8-26)17(29)24-14(7-10-1-3-11(27)4-2-10)18(30)25-15(9-34)19(31)23-13(20(32)33)5-6-16(22)28/h1-4,12-15,26-27,34H,5-9,21H2,(H2,22,28)(H,23,31)(H,24,29)(H,25,30)(H,32,33). The highest BCUT2D eigenvalue weighted by molar-refractivity contribution is 7.80. The van der Waals surface area contributed by atoms with Gasteiger partial charge >= 0.3 is 5.97 Å². The average molecular weight is 500 g/mol. The highest BCUT2D eigenvalue weighted by atomic mass is 32.1. The van der Waals surface area contributed by atoms with Gasteiger partial charge in [0.25, 0.3) is 0 Å². The van der Waals surface area contributed by atoms with Crippen molar-refractivity contribution in [1.29, 1.82) is 0 Å². The van der Waals surface area contributed by atoms with E-state index in [4.69, 9.17) is 16.6 Å². The van der Waals surface area contributed by atoms with Gasteiger partial charge in [-0.1, -0.05) is 12.1 Å². The summed E-state index contributed by atoms with van der Waals surface area (Å²) in [5.41, 5.74) is 11.1. The van der Waals surface area contributed by atoms with Gasteiger partial charge in [0.1, 0.15) is 29.9 Å². The first-order valence-electron chi connectivity index (χ1n) is 10.2. The number of amides is 4. The summed E-state index contributed by atoms with van der Waals surface area (Å²) in [6, 6.07) is 0.586. The van der Waals surface area contributed by atoms with Crippen molar-refractivity contribution in [2.45, 2.75) is 43.4 Å². The van der Waals surface area contributed by atoms with E-state index in [9.17, 15) is 34.2 Å². The molecule has 0 aliphatic carbocycles. The molecule has 188 valence electrons. The number of aliphatic carboxylic acids is 1. The van der Waals surface area contributed by atoms with Crippen molar-refractivity contribution in [1.82, 2.24) is 16.0 Å². The predicted molar refractivity (Wildman–Crippen MR) is 123 cm³/mol. The van der Waals surface area contributed by atoms with Gasteiger partial charge in [0.2, 0.25) is 23.6 Å². The summed E-state index contributed by atoms with van der Waals surface area (Å²) < 4.78 is 0. The third kappa shape index (κ3) is 9.64. The molecule has 10 N–H and O–H groups in total. The molecule has 0 bridgehead atoms. The van der Waals surface area contributed by atoms with Crippen LogP contribution in [0.15, 0.2) is 24.3 Å². The number of carboxylic acids is 1. The largest absolute Gasteiger partial charge is 0.508 e. The number of rotatable bonds is 14. The topological polar surface area (TPSA) is 234 Å². The van der Waals surface area contributed by atoms with Crippen LogP contribution in [0, 0.1) is 0 Å². The van der Waals surface area contributed by atoms with E-state index in [1.807, 2.05) is 0 Å². The molecule has 0 radical (unpaired) electrons. The number of hydrogen-bond donors (Lipinski definition) is 9. The molecule has 0 aliphatic heterocycles. The number of thiol groups is 1. The van der Waals surface area contributed by atoms with Crippen LogP contribution in [-0.4, -0.2) is 81.4 Å². The van der Waals surface area contributed by atoms with Crippen LogP contribution < -0.4 is 27.4 Å². The number of phenols is 1. The minimum atomic E-state index is -1.42. The molecule has 4 amide bonds. The lowest BCUT2D eigenvalue weighted by Gasteiger charge is -2.24. The zero-order valence-electron chi connectivity index (χ0n) is 18.1. The minimum Gasteiger partial charge on any atom is -0.508 e. The summed E-state index contributed by atoms with van der Waals surface area (Å²) in [7, 11) is 0. The molecular formula is C20H29N5O8S. The fraction of sp³-hybridized carbons (Fsp3) is 0.450. The molecule has 4 atom stereocenters. The second-order valence-corrected chi connectivity index (χ2v) is 7.73. The van der Waals surface area contributed by atoms with Gasteiger partial charge in [0, 0.05) is 18.6 Å². The first-order valence-corrected chi connectivity index (χ1v) is 10.8. The number of primary amides is 1. The second-order valence-electron chi connectivity index (χ2n) is 7.37. The maximum absolute atomic E-state index is 12.9. The van der Waals surface area contributed by atoms with Gasteiger partial charge < -0.3 is 42.7 Å². The highest BCUT2D eigenvalue weighted by Gasteiger charge is 2.30. The van der Waals surface area contributed by atoms with E-state index in [2.05, 4.69) is 28.6 Å². The van der Waals surface area contributed by atoms with Crippen LogP contribution in [0.3, 0.4) is 0 Å². The highest BCUT2D eigenvalue weighted by Crippen LogP contribution is 2.12. The zero-order valence-corrected chi connectivity index (χ0v) is 19.0. The van der Waals surface area contributed by atoms with E-state index in [-0.39, 0.29) is 30.8 Å². The summed E-state index contributed by atoms with van der Waals surface area (Å²) in [5, 5.41) is 34.8. The first kappa shape index (κ1) is 28.7. The smallest absolute Gasteiger partial charge is 0.326 e. The predicted octanol–water partition coefficient (Wildman–Crippen LogP) is -3.01. The third-order valence-corrected chi connectivity index (χ3v) is 5.02. The molecule has 0 aromatic heterocycles. The fourth-order valence-electron chi connectivity index (χ4n) is 2.72. The lowest BCUT2D eigenvalue weighted by Crippen LogP contribution is -2.58. The number of aliphatic hydroxyl groups excluding tert-OH is 1. The molecule has 1 aromatic carbocycles. The number of aliphatic hydroxyl groups is 1. The Bertz CT molecular complexity index is 882. The van der Waals surface area contributed by atoms with E-state index >= 15 is 0 Å².